The molecule has 1 fully saturated rings. The molecule has 1 unspecified atom stereocenters. The molecule has 2 aliphatic rings. The summed E-state index contributed by atoms with van der Waals surface area (Å²) in [7, 11) is 0. The summed E-state index contributed by atoms with van der Waals surface area (Å²) in [4.78, 5) is 0. The van der Waals surface area contributed by atoms with Crippen molar-refractivity contribution in [2.75, 3.05) is 17.2 Å². The van der Waals surface area contributed by atoms with Crippen molar-refractivity contribution in [3.63, 3.8) is 0 Å². The molecular formula is C18H32N2O. The Morgan fingerprint density at radius 1 is 1.19 bits per heavy atom. The Labute approximate surface area is 131 Å². The molecule has 0 bridgehead atoms. The van der Waals surface area contributed by atoms with Gasteiger partial charge in [-0.15, -0.1) is 0 Å². The molecule has 1 heterocycles. The summed E-state index contributed by atoms with van der Waals surface area (Å²) in [5.41, 5.74) is 2.58. The molecule has 120 valence electrons. The first-order valence-electron chi connectivity index (χ1n) is 8.38. The van der Waals surface area contributed by atoms with Crippen LogP contribution in [0.1, 0.15) is 55.3 Å². The van der Waals surface area contributed by atoms with E-state index in [1.807, 2.05) is 13.8 Å². The highest BCUT2D eigenvalue weighted by atomic mass is 16.5. The molecule has 0 spiro atoms. The van der Waals surface area contributed by atoms with Gasteiger partial charge in [-0.25, -0.2) is 0 Å². The third kappa shape index (κ3) is 3.84. The average molecular weight is 292 g/mol. The van der Waals surface area contributed by atoms with E-state index in [0.717, 1.165) is 24.7 Å². The van der Waals surface area contributed by atoms with Gasteiger partial charge in [0.25, 0.3) is 0 Å². The Hall–Kier alpha value is -1.38. The fraction of sp³-hybridized carbons (Fsp3) is 0.667. The fourth-order valence-electron chi connectivity index (χ4n) is 2.30. The van der Waals surface area contributed by atoms with E-state index in [-0.39, 0.29) is 6.84 Å². The lowest BCUT2D eigenvalue weighted by molar-refractivity contribution is 0.300. The van der Waals surface area contributed by atoms with Gasteiger partial charge in [-0.2, -0.15) is 0 Å². The van der Waals surface area contributed by atoms with Crippen molar-refractivity contribution in [3.8, 4) is 5.75 Å². The molecule has 0 aromatic heterocycles. The summed E-state index contributed by atoms with van der Waals surface area (Å²) < 4.78 is 5.83. The van der Waals surface area contributed by atoms with Crippen molar-refractivity contribution >= 4 is 11.4 Å². The van der Waals surface area contributed by atoms with Crippen LogP contribution in [0, 0.1) is 11.3 Å². The molecule has 3 heteroatoms. The number of fused-ring (bicyclic) bond motifs is 1. The monoisotopic (exact) mass is 292 g/mol. The van der Waals surface area contributed by atoms with Crippen LogP contribution in [0.2, 0.25) is 0 Å². The normalized spacial score (nSPS) is 19.8. The number of nitrogens with one attached hydrogen (secondary N) is 2. The number of ether oxygens (including phenoxy) is 1. The molecule has 2 N–H and O–H groups in total. The maximum Gasteiger partial charge on any atom is 0.121 e. The van der Waals surface area contributed by atoms with Crippen LogP contribution in [-0.2, 0) is 0 Å². The molecule has 3 rings (SSSR count). The summed E-state index contributed by atoms with van der Waals surface area (Å²) in [5.74, 6) is 1.78. The van der Waals surface area contributed by atoms with Crippen LogP contribution in [0.25, 0.3) is 0 Å². The van der Waals surface area contributed by atoms with E-state index in [4.69, 9.17) is 4.74 Å². The minimum Gasteiger partial charge on any atom is -0.493 e. The minimum absolute atomic E-state index is 0. The lowest BCUT2D eigenvalue weighted by Crippen LogP contribution is -2.38. The van der Waals surface area contributed by atoms with E-state index in [2.05, 4.69) is 49.6 Å². The van der Waals surface area contributed by atoms with Crippen molar-refractivity contribution in [2.45, 2.75) is 60.0 Å². The van der Waals surface area contributed by atoms with Gasteiger partial charge >= 0.3 is 0 Å². The Morgan fingerprint density at radius 2 is 1.86 bits per heavy atom. The molecule has 0 radical (unpaired) electrons. The predicted molar refractivity (Wildman–Crippen MR) is 93.2 cm³/mol. The highest BCUT2D eigenvalue weighted by Crippen LogP contribution is 2.39. The van der Waals surface area contributed by atoms with E-state index in [0.29, 0.717) is 6.17 Å². The maximum absolute atomic E-state index is 5.83. The zero-order chi connectivity index (χ0) is 15.5. The summed E-state index contributed by atoms with van der Waals surface area (Å²) in [6.07, 6.45) is 4.09. The standard InChI is InChI=1S/C16H24N2O.C2H6.H2/c1-4-16(2,3)15-17-13-8-7-12(9-14(13)18-15)19-10-11-5-6-11;1-2;/h7-9,11,15,17-18H,4-6,10H2,1-3H3;1-2H3;1H. The quantitative estimate of drug-likeness (QED) is 0.767. The van der Waals surface area contributed by atoms with E-state index in [1.54, 1.807) is 0 Å². The molecule has 1 aliphatic heterocycles. The second kappa shape index (κ2) is 6.59. The van der Waals surface area contributed by atoms with E-state index in [1.165, 1.54) is 24.2 Å². The Bertz CT molecular complexity index is 472. The van der Waals surface area contributed by atoms with Gasteiger partial charge in [0.2, 0.25) is 0 Å². The van der Waals surface area contributed by atoms with Crippen LogP contribution in [0.15, 0.2) is 18.2 Å². The van der Waals surface area contributed by atoms with E-state index >= 15 is 0 Å². The third-order valence-electron chi connectivity index (χ3n) is 4.47. The van der Waals surface area contributed by atoms with Crippen molar-refractivity contribution in [1.29, 1.82) is 0 Å². The maximum atomic E-state index is 5.83. The first-order valence-corrected chi connectivity index (χ1v) is 8.38. The van der Waals surface area contributed by atoms with Gasteiger partial charge in [0.15, 0.2) is 0 Å². The number of hydrogen-bond donors (Lipinski definition) is 2. The first-order chi connectivity index (χ1) is 10.1. The molecule has 1 aromatic rings. The van der Waals surface area contributed by atoms with Gasteiger partial charge in [-0.1, -0.05) is 34.6 Å². The average Bonchev–Trinajstić information content (AvgIpc) is 3.23. The van der Waals surface area contributed by atoms with Crippen LogP contribution >= 0.6 is 0 Å². The second-order valence-corrected chi connectivity index (χ2v) is 6.53. The smallest absolute Gasteiger partial charge is 0.121 e. The highest BCUT2D eigenvalue weighted by molar-refractivity contribution is 5.76. The Balaban J connectivity index is 0.000000775. The Kier molecular flexibility index (Phi) is 5.02. The number of benzene rings is 1. The molecule has 1 aliphatic carbocycles. The first kappa shape index (κ1) is 16.0. The molecule has 3 nitrogen and oxygen atoms in total. The largest absolute Gasteiger partial charge is 0.493 e. The fourth-order valence-corrected chi connectivity index (χ4v) is 2.30. The van der Waals surface area contributed by atoms with Crippen LogP contribution < -0.4 is 15.4 Å². The van der Waals surface area contributed by atoms with Gasteiger partial charge < -0.3 is 15.4 Å². The summed E-state index contributed by atoms with van der Waals surface area (Å²) in [6.45, 7) is 11.7. The van der Waals surface area contributed by atoms with Crippen molar-refractivity contribution in [1.82, 2.24) is 0 Å². The van der Waals surface area contributed by atoms with Crippen molar-refractivity contribution < 1.29 is 6.16 Å². The highest BCUT2D eigenvalue weighted by Gasteiger charge is 2.32. The molecule has 1 atom stereocenters. The number of rotatable bonds is 5. The van der Waals surface area contributed by atoms with Gasteiger partial charge in [0.05, 0.1) is 18.0 Å². The van der Waals surface area contributed by atoms with Gasteiger partial charge in [0, 0.05) is 12.9 Å². The summed E-state index contributed by atoms with van der Waals surface area (Å²) in [5, 5.41) is 7.14. The molecule has 0 amide bonds. The minimum atomic E-state index is 0. The number of hydrogen-bond acceptors (Lipinski definition) is 3. The second-order valence-electron chi connectivity index (χ2n) is 6.53. The van der Waals surface area contributed by atoms with Crippen LogP contribution in [0.5, 0.6) is 5.75 Å². The Morgan fingerprint density at radius 3 is 2.48 bits per heavy atom. The van der Waals surface area contributed by atoms with E-state index in [9.17, 15) is 0 Å². The van der Waals surface area contributed by atoms with E-state index < -0.39 is 0 Å². The lowest BCUT2D eigenvalue weighted by Gasteiger charge is -2.30. The van der Waals surface area contributed by atoms with Crippen LogP contribution in [-0.4, -0.2) is 12.8 Å². The zero-order valence-corrected chi connectivity index (χ0v) is 14.1. The van der Waals surface area contributed by atoms with Crippen molar-refractivity contribution in [3.05, 3.63) is 18.2 Å². The van der Waals surface area contributed by atoms with Crippen molar-refractivity contribution in [2.24, 2.45) is 11.3 Å². The third-order valence-corrected chi connectivity index (χ3v) is 4.47. The summed E-state index contributed by atoms with van der Waals surface area (Å²) in [6, 6.07) is 6.31. The molecule has 0 saturated heterocycles. The van der Waals surface area contributed by atoms with Gasteiger partial charge in [-0.05, 0) is 37.3 Å². The van der Waals surface area contributed by atoms with Crippen LogP contribution in [0.3, 0.4) is 0 Å². The molecule has 1 aromatic carbocycles. The van der Waals surface area contributed by atoms with Gasteiger partial charge in [0.1, 0.15) is 11.9 Å². The molecular weight excluding hydrogens is 260 g/mol. The zero-order valence-electron chi connectivity index (χ0n) is 14.1. The molecule has 1 saturated carbocycles. The summed E-state index contributed by atoms with van der Waals surface area (Å²) >= 11 is 0. The molecule has 21 heavy (non-hydrogen) atoms. The number of anilines is 2. The van der Waals surface area contributed by atoms with Crippen LogP contribution in [0.4, 0.5) is 11.4 Å². The van der Waals surface area contributed by atoms with Gasteiger partial charge in [-0.3, -0.25) is 0 Å². The lowest BCUT2D eigenvalue weighted by atomic mass is 9.87. The SMILES string of the molecule is CC.CCC(C)(C)C1Nc2ccc(OCC3CC3)cc2N1.[HH]. The topological polar surface area (TPSA) is 33.3 Å². The predicted octanol–water partition coefficient (Wildman–Crippen LogP) is 5.35.